The Morgan fingerprint density at radius 2 is 2.14 bits per heavy atom. The second-order valence-corrected chi connectivity index (χ2v) is 4.51. The molecule has 3 nitrogen and oxygen atoms in total. The summed E-state index contributed by atoms with van der Waals surface area (Å²) in [6, 6.07) is 0.650. The van der Waals surface area contributed by atoms with Gasteiger partial charge in [-0.15, -0.1) is 0 Å². The first kappa shape index (κ1) is 11.3. The Morgan fingerprint density at radius 1 is 1.50 bits per heavy atom. The molecule has 0 aromatic heterocycles. The molecule has 0 saturated heterocycles. The smallest absolute Gasteiger partial charge is 0.317 e. The fourth-order valence-electron chi connectivity index (χ4n) is 1.51. The van der Waals surface area contributed by atoms with Gasteiger partial charge in [0.15, 0.2) is 0 Å². The summed E-state index contributed by atoms with van der Waals surface area (Å²) in [4.78, 5) is 13.7. The lowest BCUT2D eigenvalue weighted by molar-refractivity contribution is 0.187. The highest BCUT2D eigenvalue weighted by atomic mass is 16.2. The van der Waals surface area contributed by atoms with Crippen molar-refractivity contribution >= 4 is 6.03 Å². The molecule has 14 heavy (non-hydrogen) atoms. The number of carbonyl (C=O) groups is 1. The van der Waals surface area contributed by atoms with E-state index in [1.54, 1.807) is 0 Å². The highest BCUT2D eigenvalue weighted by Gasteiger charge is 2.32. The molecule has 0 radical (unpaired) electrons. The Kier molecular flexibility index (Phi) is 4.23. The highest BCUT2D eigenvalue weighted by molar-refractivity contribution is 5.74. The molecule has 2 amide bonds. The number of hydrogen-bond acceptors (Lipinski definition) is 1. The highest BCUT2D eigenvalue weighted by Crippen LogP contribution is 2.27. The third kappa shape index (κ3) is 3.56. The summed E-state index contributed by atoms with van der Waals surface area (Å²) >= 11 is 0. The molecule has 1 fully saturated rings. The minimum Gasteiger partial charge on any atom is -0.338 e. The molecule has 1 aliphatic rings. The third-order valence-corrected chi connectivity index (χ3v) is 2.34. The normalized spacial score (nSPS) is 15.7. The zero-order valence-electron chi connectivity index (χ0n) is 9.55. The predicted octanol–water partition coefficient (Wildman–Crippen LogP) is 2.23. The zero-order valence-corrected chi connectivity index (χ0v) is 9.55. The molecule has 0 aromatic carbocycles. The van der Waals surface area contributed by atoms with Gasteiger partial charge in [0.05, 0.1) is 0 Å². The molecule has 0 bridgehead atoms. The van der Waals surface area contributed by atoms with Crippen molar-refractivity contribution < 1.29 is 4.79 Å². The molecule has 0 aliphatic heterocycles. The van der Waals surface area contributed by atoms with Gasteiger partial charge in [0, 0.05) is 19.1 Å². The van der Waals surface area contributed by atoms with Crippen molar-refractivity contribution in [2.45, 2.75) is 46.1 Å². The Hall–Kier alpha value is -0.730. The maximum Gasteiger partial charge on any atom is 0.317 e. The monoisotopic (exact) mass is 198 g/mol. The summed E-state index contributed by atoms with van der Waals surface area (Å²) < 4.78 is 0. The van der Waals surface area contributed by atoms with E-state index in [0.717, 1.165) is 19.5 Å². The van der Waals surface area contributed by atoms with Crippen LogP contribution in [0.2, 0.25) is 0 Å². The first-order chi connectivity index (χ1) is 6.65. The fourth-order valence-corrected chi connectivity index (χ4v) is 1.51. The van der Waals surface area contributed by atoms with E-state index in [4.69, 9.17) is 0 Å². The van der Waals surface area contributed by atoms with Crippen molar-refractivity contribution in [2.24, 2.45) is 5.92 Å². The van der Waals surface area contributed by atoms with E-state index in [9.17, 15) is 4.79 Å². The van der Waals surface area contributed by atoms with Crippen LogP contribution >= 0.6 is 0 Å². The van der Waals surface area contributed by atoms with Crippen molar-refractivity contribution in [3.8, 4) is 0 Å². The largest absolute Gasteiger partial charge is 0.338 e. The SMILES string of the molecule is CCCNC(=O)N(CC(C)C)C1CC1. The fraction of sp³-hybridized carbons (Fsp3) is 0.909. The van der Waals surface area contributed by atoms with Crippen LogP contribution in [0.5, 0.6) is 0 Å². The molecule has 1 rings (SSSR count). The summed E-state index contributed by atoms with van der Waals surface area (Å²) in [6.45, 7) is 8.06. The average molecular weight is 198 g/mol. The number of carbonyl (C=O) groups excluding carboxylic acids is 1. The molecule has 0 unspecified atom stereocenters. The second kappa shape index (κ2) is 5.23. The lowest BCUT2D eigenvalue weighted by Gasteiger charge is -2.24. The predicted molar refractivity (Wildman–Crippen MR) is 58.3 cm³/mol. The summed E-state index contributed by atoms with van der Waals surface area (Å²) in [6.07, 6.45) is 3.38. The number of urea groups is 1. The van der Waals surface area contributed by atoms with Gasteiger partial charge in [0.2, 0.25) is 0 Å². The van der Waals surface area contributed by atoms with Gasteiger partial charge >= 0.3 is 6.03 Å². The zero-order chi connectivity index (χ0) is 10.6. The van der Waals surface area contributed by atoms with Crippen LogP contribution in [0.3, 0.4) is 0 Å². The summed E-state index contributed by atoms with van der Waals surface area (Å²) in [7, 11) is 0. The Bertz CT molecular complexity index is 188. The van der Waals surface area contributed by atoms with Crippen LogP contribution in [-0.4, -0.2) is 30.1 Å². The first-order valence-electron chi connectivity index (χ1n) is 5.69. The van der Waals surface area contributed by atoms with Gasteiger partial charge in [0.1, 0.15) is 0 Å². The Balaban J connectivity index is 2.36. The van der Waals surface area contributed by atoms with Gasteiger partial charge in [-0.25, -0.2) is 4.79 Å². The van der Waals surface area contributed by atoms with Crippen LogP contribution < -0.4 is 5.32 Å². The lowest BCUT2D eigenvalue weighted by Crippen LogP contribution is -2.43. The molecule has 0 spiro atoms. The van der Waals surface area contributed by atoms with Crippen molar-refractivity contribution in [3.63, 3.8) is 0 Å². The molecular weight excluding hydrogens is 176 g/mol. The molecule has 1 aliphatic carbocycles. The minimum atomic E-state index is 0.128. The Morgan fingerprint density at radius 3 is 2.57 bits per heavy atom. The van der Waals surface area contributed by atoms with Crippen molar-refractivity contribution in [1.82, 2.24) is 10.2 Å². The summed E-state index contributed by atoms with van der Waals surface area (Å²) in [5, 5.41) is 2.95. The van der Waals surface area contributed by atoms with Crippen LogP contribution in [0, 0.1) is 5.92 Å². The summed E-state index contributed by atoms with van der Waals surface area (Å²) in [5.41, 5.74) is 0. The van der Waals surface area contributed by atoms with Crippen molar-refractivity contribution in [1.29, 1.82) is 0 Å². The van der Waals surface area contributed by atoms with Crippen LogP contribution in [0.15, 0.2) is 0 Å². The topological polar surface area (TPSA) is 32.3 Å². The summed E-state index contributed by atoms with van der Waals surface area (Å²) in [5.74, 6) is 0.558. The number of nitrogens with zero attached hydrogens (tertiary/aromatic N) is 1. The van der Waals surface area contributed by atoms with E-state index in [1.807, 2.05) is 4.90 Å². The van der Waals surface area contributed by atoms with Gasteiger partial charge in [-0.1, -0.05) is 20.8 Å². The number of amides is 2. The molecule has 3 heteroatoms. The molecule has 82 valence electrons. The van der Waals surface area contributed by atoms with Crippen LogP contribution in [0.25, 0.3) is 0 Å². The van der Waals surface area contributed by atoms with E-state index < -0.39 is 0 Å². The molecule has 1 N–H and O–H groups in total. The van der Waals surface area contributed by atoms with Crippen LogP contribution in [0.1, 0.15) is 40.0 Å². The number of hydrogen-bond donors (Lipinski definition) is 1. The average Bonchev–Trinajstić information content (AvgIpc) is 2.93. The van der Waals surface area contributed by atoms with Crippen LogP contribution in [-0.2, 0) is 0 Å². The van der Waals surface area contributed by atoms with Gasteiger partial charge in [0.25, 0.3) is 0 Å². The standard InChI is InChI=1S/C11H22N2O/c1-4-7-12-11(14)13(8-9(2)3)10-5-6-10/h9-10H,4-8H2,1-3H3,(H,12,14). The molecule has 0 heterocycles. The van der Waals surface area contributed by atoms with E-state index in [0.29, 0.717) is 12.0 Å². The van der Waals surface area contributed by atoms with Gasteiger partial charge in [-0.05, 0) is 25.2 Å². The second-order valence-electron chi connectivity index (χ2n) is 4.51. The molecule has 1 saturated carbocycles. The molecular formula is C11H22N2O. The van der Waals surface area contributed by atoms with Crippen molar-refractivity contribution in [2.75, 3.05) is 13.1 Å². The number of rotatable bonds is 5. The van der Waals surface area contributed by atoms with E-state index in [2.05, 4.69) is 26.1 Å². The maximum absolute atomic E-state index is 11.7. The quantitative estimate of drug-likeness (QED) is 0.722. The first-order valence-corrected chi connectivity index (χ1v) is 5.69. The minimum absolute atomic E-state index is 0.128. The van der Waals surface area contributed by atoms with Crippen LogP contribution in [0.4, 0.5) is 4.79 Å². The van der Waals surface area contributed by atoms with Crippen molar-refractivity contribution in [3.05, 3.63) is 0 Å². The van der Waals surface area contributed by atoms with Gasteiger partial charge in [-0.2, -0.15) is 0 Å². The lowest BCUT2D eigenvalue weighted by atomic mass is 10.2. The molecule has 0 atom stereocenters. The van der Waals surface area contributed by atoms with E-state index in [-0.39, 0.29) is 6.03 Å². The maximum atomic E-state index is 11.7. The third-order valence-electron chi connectivity index (χ3n) is 2.34. The van der Waals surface area contributed by atoms with E-state index >= 15 is 0 Å². The molecule has 0 aromatic rings. The van der Waals surface area contributed by atoms with E-state index in [1.165, 1.54) is 12.8 Å². The number of nitrogens with one attached hydrogen (secondary N) is 1. The van der Waals surface area contributed by atoms with Gasteiger partial charge < -0.3 is 10.2 Å². The Labute approximate surface area is 86.9 Å². The van der Waals surface area contributed by atoms with Gasteiger partial charge in [-0.3, -0.25) is 0 Å².